The van der Waals surface area contributed by atoms with Crippen LogP contribution in [-0.4, -0.2) is 146 Å². The summed E-state index contributed by atoms with van der Waals surface area (Å²) in [5, 5.41) is 64.4. The first kappa shape index (κ1) is 66.1. The Hall–Kier alpha value is -7.72. The van der Waals surface area contributed by atoms with Gasteiger partial charge in [-0.1, -0.05) is 62.3 Å². The molecule has 3 aliphatic heterocycles. The van der Waals surface area contributed by atoms with E-state index in [0.29, 0.717) is 77.0 Å². The van der Waals surface area contributed by atoms with E-state index in [1.807, 2.05) is 27.7 Å². The number of halogens is 1. The average Bonchev–Trinajstić information content (AvgIpc) is 3.54. The van der Waals surface area contributed by atoms with Gasteiger partial charge in [0.15, 0.2) is 34.8 Å². The molecule has 9 atom stereocenters. The molecule has 0 bridgehead atoms. The number of anilines is 3. The summed E-state index contributed by atoms with van der Waals surface area (Å²) in [4.78, 5) is 79.9. The highest BCUT2D eigenvalue weighted by atomic mass is 35.5. The fraction of sp³-hybridized carbons (Fsp3) is 0.542. The van der Waals surface area contributed by atoms with Crippen LogP contribution in [0.25, 0.3) is 33.1 Å². The summed E-state index contributed by atoms with van der Waals surface area (Å²) in [6.45, 7) is 22.0. The Balaban J connectivity index is 0.000000214. The Bertz CT molecular complexity index is 3160. The molecule has 3 aliphatic rings. The highest BCUT2D eigenvalue weighted by Crippen LogP contribution is 2.35. The lowest BCUT2D eigenvalue weighted by molar-refractivity contribution is -0.148. The molecule has 24 heteroatoms. The quantitative estimate of drug-likeness (QED) is 0.0853. The number of nitrogens with two attached hydrogens (primary N) is 1. The van der Waals surface area contributed by atoms with Crippen molar-refractivity contribution in [1.82, 2.24) is 44.9 Å². The molecule has 0 spiro atoms. The van der Waals surface area contributed by atoms with E-state index in [0.717, 1.165) is 68.0 Å². The first-order valence-electron chi connectivity index (χ1n) is 27.9. The summed E-state index contributed by atoms with van der Waals surface area (Å²) in [6, 6.07) is 6.34. The van der Waals surface area contributed by atoms with Crippen LogP contribution in [-0.2, 0) is 14.4 Å². The molecule has 6 aromatic rings. The van der Waals surface area contributed by atoms with Crippen molar-refractivity contribution in [2.75, 3.05) is 54.0 Å². The highest BCUT2D eigenvalue weighted by Gasteiger charge is 2.33. The van der Waals surface area contributed by atoms with Crippen LogP contribution in [0.1, 0.15) is 111 Å². The fourth-order valence-electron chi connectivity index (χ4n) is 10.9. The predicted octanol–water partition coefficient (Wildman–Crippen LogP) is 6.25. The SMILES string of the molecule is CC(C)[C@H](O)C(=O)C[C@@H]1C[C@H](C)CN(c2cnc(C#N)c3nccnc23)C1.CC(C)[C@H](O)C(=O)C[C@@H]1C[C@H](C)CN(c2cnc(C#N)c3nccnc23)C1.CC(C)[C@H](O)C(=O)O.C[C@H]1C[C@@H](N)CN(c2cnc(C#N)c3nccnc23)C1.Cl. The Morgan fingerprint density at radius 1 is 0.494 bits per heavy atom. The molecule has 0 amide bonds. The molecule has 9 rings (SSSR count). The number of pyridine rings is 3. The molecule has 6 aromatic heterocycles. The zero-order valence-electron chi connectivity index (χ0n) is 48.6. The minimum atomic E-state index is -1.21. The number of piperidine rings is 3. The second-order valence-corrected chi connectivity index (χ2v) is 23.0. The molecule has 0 aliphatic carbocycles. The number of hydrogen-bond acceptors (Lipinski definition) is 22. The lowest BCUT2D eigenvalue weighted by atomic mass is 9.85. The molecule has 442 valence electrons. The molecule has 23 nitrogen and oxygen atoms in total. The van der Waals surface area contributed by atoms with E-state index in [1.165, 1.54) is 0 Å². The third-order valence-electron chi connectivity index (χ3n) is 14.8. The van der Waals surface area contributed by atoms with Gasteiger partial charge in [0.2, 0.25) is 0 Å². The van der Waals surface area contributed by atoms with Gasteiger partial charge in [-0.15, -0.1) is 12.4 Å². The number of fused-ring (bicyclic) bond motifs is 3. The summed E-state index contributed by atoms with van der Waals surface area (Å²) < 4.78 is 0. The van der Waals surface area contributed by atoms with Gasteiger partial charge in [0.25, 0.3) is 0 Å². The first-order chi connectivity index (χ1) is 39.0. The van der Waals surface area contributed by atoms with Gasteiger partial charge in [-0.25, -0.2) is 34.7 Å². The van der Waals surface area contributed by atoms with E-state index in [1.54, 1.807) is 69.6 Å². The van der Waals surface area contributed by atoms with Gasteiger partial charge in [0.1, 0.15) is 63.5 Å². The number of nitriles is 3. The predicted molar refractivity (Wildman–Crippen MR) is 316 cm³/mol. The summed E-state index contributed by atoms with van der Waals surface area (Å²) in [5.41, 5.74) is 13.1. The van der Waals surface area contributed by atoms with Gasteiger partial charge in [-0.05, 0) is 66.6 Å². The standard InChI is InChI=1S/2C20H25N5O2.C14H16N6.C5H10O3.ClH/c2*1-12(2)20(27)17(26)7-14-6-13(3)10-25(11-14)16-9-24-15(8-21)18-19(16)23-5-4-22-18;1-9-4-10(16)8-20(7-9)12-6-19-11(5-15)13-14(12)18-3-2-17-13;1-3(2)4(6)5(7)8;/h2*4-5,9,12-14,20,27H,6-7,10-11H2,1-3H3;2-3,6,9-10H,4,7-8,16H2,1H3;3-4,6H,1-2H3,(H,7,8);1H/t2*13-,14-,20-;9-,10+;4-;/m0000./s1. The number of ketones is 2. The molecular formula is C59H77ClN16O7. The normalized spacial score (nSPS) is 20.7. The molecule has 6 N–H and O–H groups in total. The Labute approximate surface area is 490 Å². The van der Waals surface area contributed by atoms with E-state index in [-0.39, 0.29) is 71.0 Å². The monoisotopic (exact) mass is 1160 g/mol. The average molecular weight is 1160 g/mol. The summed E-state index contributed by atoms with van der Waals surface area (Å²) in [7, 11) is 0. The summed E-state index contributed by atoms with van der Waals surface area (Å²) in [5.74, 6) is -0.0284. The van der Waals surface area contributed by atoms with E-state index in [9.17, 15) is 35.1 Å². The van der Waals surface area contributed by atoms with Crippen LogP contribution in [0.3, 0.4) is 0 Å². The van der Waals surface area contributed by atoms with Gasteiger partial charge in [0, 0.05) is 95.3 Å². The van der Waals surface area contributed by atoms with E-state index in [4.69, 9.17) is 21.2 Å². The summed E-state index contributed by atoms with van der Waals surface area (Å²) >= 11 is 0. The van der Waals surface area contributed by atoms with Crippen molar-refractivity contribution < 1.29 is 34.8 Å². The number of hydrogen-bond donors (Lipinski definition) is 5. The Kier molecular flexibility index (Phi) is 24.3. The maximum Gasteiger partial charge on any atom is 0.332 e. The number of carboxylic acid groups (broad SMARTS) is 1. The molecular weight excluding hydrogens is 1080 g/mol. The van der Waals surface area contributed by atoms with Gasteiger partial charge >= 0.3 is 5.97 Å². The van der Waals surface area contributed by atoms with Crippen LogP contribution in [0.15, 0.2) is 55.8 Å². The Morgan fingerprint density at radius 2 is 0.783 bits per heavy atom. The van der Waals surface area contributed by atoms with Crippen LogP contribution >= 0.6 is 12.4 Å². The first-order valence-corrected chi connectivity index (χ1v) is 27.9. The van der Waals surface area contributed by atoms with Crippen molar-refractivity contribution >= 4 is 80.1 Å². The van der Waals surface area contributed by atoms with Gasteiger partial charge in [-0.3, -0.25) is 24.5 Å². The number of aliphatic hydroxyl groups is 3. The maximum atomic E-state index is 12.4. The number of Topliss-reactive ketones (excluding diaryl/α,β-unsaturated/α-hetero) is 2. The second kappa shape index (κ2) is 30.5. The highest BCUT2D eigenvalue weighted by molar-refractivity contribution is 5.92. The minimum Gasteiger partial charge on any atom is -0.479 e. The van der Waals surface area contributed by atoms with Crippen LogP contribution in [0, 0.1) is 81.3 Å². The zero-order valence-corrected chi connectivity index (χ0v) is 49.4. The lowest BCUT2D eigenvalue weighted by Gasteiger charge is -2.38. The minimum absolute atomic E-state index is 0. The maximum absolute atomic E-state index is 12.4. The van der Waals surface area contributed by atoms with Gasteiger partial charge < -0.3 is 40.9 Å². The molecule has 0 saturated carbocycles. The lowest BCUT2D eigenvalue weighted by Crippen LogP contribution is -2.46. The number of carboxylic acids is 1. The molecule has 0 aromatic carbocycles. The van der Waals surface area contributed by atoms with E-state index >= 15 is 0 Å². The van der Waals surface area contributed by atoms with E-state index in [2.05, 4.69) is 98.5 Å². The number of carbonyl (C=O) groups excluding carboxylic acids is 2. The number of rotatable bonds is 13. The van der Waals surface area contributed by atoms with Gasteiger partial charge in [0.05, 0.1) is 35.7 Å². The molecule has 83 heavy (non-hydrogen) atoms. The molecule has 3 fully saturated rings. The van der Waals surface area contributed by atoms with Crippen LogP contribution < -0.4 is 20.4 Å². The number of aliphatic hydroxyl groups excluding tert-OH is 3. The number of aliphatic carboxylic acids is 1. The molecule has 9 heterocycles. The number of aromatic nitrogens is 9. The van der Waals surface area contributed by atoms with E-state index < -0.39 is 24.3 Å². The molecule has 3 saturated heterocycles. The van der Waals surface area contributed by atoms with Crippen LogP contribution in [0.2, 0.25) is 0 Å². The smallest absolute Gasteiger partial charge is 0.332 e. The largest absolute Gasteiger partial charge is 0.479 e. The third-order valence-corrected chi connectivity index (χ3v) is 14.8. The zero-order chi connectivity index (χ0) is 59.9. The van der Waals surface area contributed by atoms with Crippen molar-refractivity contribution in [3.8, 4) is 18.2 Å². The molecule has 0 radical (unpaired) electrons. The van der Waals surface area contributed by atoms with Crippen LogP contribution in [0.5, 0.6) is 0 Å². The third kappa shape index (κ3) is 17.2. The van der Waals surface area contributed by atoms with Crippen molar-refractivity contribution in [3.05, 3.63) is 72.9 Å². The van der Waals surface area contributed by atoms with Crippen molar-refractivity contribution in [1.29, 1.82) is 15.8 Å². The van der Waals surface area contributed by atoms with Gasteiger partial charge in [-0.2, -0.15) is 15.8 Å². The Morgan fingerprint density at radius 3 is 1.05 bits per heavy atom. The van der Waals surface area contributed by atoms with Crippen LogP contribution in [0.4, 0.5) is 17.1 Å². The van der Waals surface area contributed by atoms with Crippen molar-refractivity contribution in [2.45, 2.75) is 119 Å². The van der Waals surface area contributed by atoms with Crippen molar-refractivity contribution in [2.24, 2.45) is 53.1 Å². The number of nitrogens with zero attached hydrogens (tertiary/aromatic N) is 15. The van der Waals surface area contributed by atoms with Crippen molar-refractivity contribution in [3.63, 3.8) is 0 Å². The number of carbonyl (C=O) groups is 3. The summed E-state index contributed by atoms with van der Waals surface area (Å²) in [6.07, 6.45) is 15.3. The molecule has 0 unspecified atom stereocenters. The fourth-order valence-corrected chi connectivity index (χ4v) is 10.9. The topological polar surface area (TPSA) is 355 Å². The second-order valence-electron chi connectivity index (χ2n) is 23.0.